The highest BCUT2D eigenvalue weighted by atomic mass is 32.1. The number of carbonyl (C=O) groups is 1. The zero-order chi connectivity index (χ0) is 18.8. The number of aromatic nitrogens is 1. The summed E-state index contributed by atoms with van der Waals surface area (Å²) in [4.78, 5) is 18.2. The molecule has 1 saturated carbocycles. The fourth-order valence-corrected chi connectivity index (χ4v) is 4.95. The first-order valence-electron chi connectivity index (χ1n) is 9.64. The van der Waals surface area contributed by atoms with Gasteiger partial charge in [-0.05, 0) is 63.3 Å². The average Bonchev–Trinajstić information content (AvgIpc) is 3.28. The van der Waals surface area contributed by atoms with Crippen LogP contribution in [0.15, 0.2) is 24.3 Å². The van der Waals surface area contributed by atoms with Gasteiger partial charge in [0.05, 0.1) is 12.3 Å². The van der Waals surface area contributed by atoms with Crippen molar-refractivity contribution in [2.45, 2.75) is 45.2 Å². The quantitative estimate of drug-likeness (QED) is 0.737. The molecule has 3 atom stereocenters. The minimum absolute atomic E-state index is 0.00421. The molecule has 0 bridgehead atoms. The number of amides is 1. The summed E-state index contributed by atoms with van der Waals surface area (Å²) in [6.07, 6.45) is 3.15. The van der Waals surface area contributed by atoms with Gasteiger partial charge in [0.1, 0.15) is 15.6 Å². The van der Waals surface area contributed by atoms with E-state index in [1.807, 2.05) is 38.1 Å². The zero-order valence-electron chi connectivity index (χ0n) is 15.7. The summed E-state index contributed by atoms with van der Waals surface area (Å²) >= 11 is 1.46. The molecule has 2 aliphatic rings. The van der Waals surface area contributed by atoms with Crippen LogP contribution in [0.25, 0.3) is 10.6 Å². The first-order chi connectivity index (χ1) is 13.1. The highest BCUT2D eigenvalue weighted by molar-refractivity contribution is 7.17. The van der Waals surface area contributed by atoms with Crippen LogP contribution in [-0.2, 0) is 0 Å². The second kappa shape index (κ2) is 7.96. The lowest BCUT2D eigenvalue weighted by molar-refractivity contribution is 0.0921. The van der Waals surface area contributed by atoms with Gasteiger partial charge in [-0.1, -0.05) is 0 Å². The number of fused-ring (bicyclic) bond motifs is 1. The molecule has 0 radical (unpaired) electrons. The van der Waals surface area contributed by atoms with E-state index in [2.05, 4.69) is 21.2 Å². The molecular weight excluding hydrogens is 360 g/mol. The molecule has 6 nitrogen and oxygen atoms in total. The number of thiazole rings is 1. The molecule has 0 spiro atoms. The normalized spacial score (nSPS) is 24.4. The highest BCUT2D eigenvalue weighted by Gasteiger charge is 2.34. The molecule has 27 heavy (non-hydrogen) atoms. The number of ether oxygens (including phenoxy) is 1. The minimum Gasteiger partial charge on any atom is -0.494 e. The van der Waals surface area contributed by atoms with Crippen LogP contribution in [0.2, 0.25) is 0 Å². The molecule has 1 aromatic carbocycles. The monoisotopic (exact) mass is 386 g/mol. The van der Waals surface area contributed by atoms with Crippen molar-refractivity contribution in [2.75, 3.05) is 13.2 Å². The first-order valence-corrected chi connectivity index (χ1v) is 10.5. The summed E-state index contributed by atoms with van der Waals surface area (Å²) in [5.74, 6) is 1.45. The summed E-state index contributed by atoms with van der Waals surface area (Å²) in [5.41, 5.74) is 8.36. The molecule has 4 rings (SSSR count). The lowest BCUT2D eigenvalue weighted by Crippen LogP contribution is -2.44. The summed E-state index contributed by atoms with van der Waals surface area (Å²) in [7, 11) is 0. The smallest absolute Gasteiger partial charge is 0.263 e. The van der Waals surface area contributed by atoms with Crippen LogP contribution < -0.4 is 20.9 Å². The Morgan fingerprint density at radius 1 is 1.33 bits per heavy atom. The van der Waals surface area contributed by atoms with Crippen molar-refractivity contribution in [1.82, 2.24) is 21.2 Å². The van der Waals surface area contributed by atoms with Crippen molar-refractivity contribution in [3.63, 3.8) is 0 Å². The van der Waals surface area contributed by atoms with E-state index in [1.165, 1.54) is 11.3 Å². The molecule has 1 amide bonds. The number of aryl methyl sites for hydroxylation is 1. The van der Waals surface area contributed by atoms with E-state index >= 15 is 0 Å². The predicted octanol–water partition coefficient (Wildman–Crippen LogP) is 2.89. The molecule has 144 valence electrons. The second-order valence-electron chi connectivity index (χ2n) is 7.27. The first kappa shape index (κ1) is 18.4. The molecule has 2 heterocycles. The Labute approximate surface area is 163 Å². The molecule has 3 N–H and O–H groups in total. The zero-order valence-corrected chi connectivity index (χ0v) is 16.6. The van der Waals surface area contributed by atoms with Crippen molar-refractivity contribution in [3.05, 3.63) is 34.8 Å². The van der Waals surface area contributed by atoms with Gasteiger partial charge in [0.2, 0.25) is 0 Å². The van der Waals surface area contributed by atoms with Gasteiger partial charge < -0.3 is 10.1 Å². The molecule has 2 aromatic rings. The van der Waals surface area contributed by atoms with E-state index in [1.54, 1.807) is 0 Å². The molecular formula is C20H26N4O2S. The maximum Gasteiger partial charge on any atom is 0.263 e. The maximum atomic E-state index is 12.8. The van der Waals surface area contributed by atoms with Gasteiger partial charge in [0.15, 0.2) is 0 Å². The molecule has 1 aromatic heterocycles. The van der Waals surface area contributed by atoms with Gasteiger partial charge >= 0.3 is 0 Å². The van der Waals surface area contributed by atoms with E-state index in [0.29, 0.717) is 23.4 Å². The lowest BCUT2D eigenvalue weighted by Gasteiger charge is -2.31. The van der Waals surface area contributed by atoms with Gasteiger partial charge in [0, 0.05) is 24.2 Å². The molecule has 3 unspecified atom stereocenters. The largest absolute Gasteiger partial charge is 0.494 e. The van der Waals surface area contributed by atoms with E-state index < -0.39 is 0 Å². The molecule has 2 fully saturated rings. The van der Waals surface area contributed by atoms with Crippen LogP contribution in [0.1, 0.15) is 41.6 Å². The van der Waals surface area contributed by atoms with Crippen LogP contribution >= 0.6 is 11.3 Å². The van der Waals surface area contributed by atoms with Gasteiger partial charge in [-0.25, -0.2) is 4.98 Å². The van der Waals surface area contributed by atoms with Crippen LogP contribution in [0.3, 0.4) is 0 Å². The third kappa shape index (κ3) is 4.00. The Morgan fingerprint density at radius 3 is 2.93 bits per heavy atom. The minimum atomic E-state index is 0.00421. The number of hydrazine groups is 1. The summed E-state index contributed by atoms with van der Waals surface area (Å²) in [6.45, 7) is 5.51. The van der Waals surface area contributed by atoms with Gasteiger partial charge in [-0.2, -0.15) is 0 Å². The van der Waals surface area contributed by atoms with Crippen molar-refractivity contribution >= 4 is 17.2 Å². The highest BCUT2D eigenvalue weighted by Crippen LogP contribution is 2.30. The van der Waals surface area contributed by atoms with Crippen molar-refractivity contribution < 1.29 is 9.53 Å². The Balaban J connectivity index is 1.43. The number of nitrogens with one attached hydrogen (secondary N) is 3. The number of nitrogens with zero attached hydrogens (tertiary/aromatic N) is 1. The van der Waals surface area contributed by atoms with Gasteiger partial charge in [-0.3, -0.25) is 15.6 Å². The molecule has 1 aliphatic heterocycles. The van der Waals surface area contributed by atoms with Crippen molar-refractivity contribution in [2.24, 2.45) is 5.92 Å². The standard InChI is InChI=1S/C20H26N4O2S/c1-3-26-16-7-4-13(5-8-16)20-22-12(2)18(27-20)19(25)23-15-6-9-17-14(10-15)11-21-24-17/h4-5,7-8,14-15,17,21,24H,3,6,9-11H2,1-2H3,(H,23,25). The van der Waals surface area contributed by atoms with E-state index in [-0.39, 0.29) is 11.9 Å². The SMILES string of the molecule is CCOc1ccc(-c2nc(C)c(C(=O)NC3CCC4NNCC4C3)s2)cc1. The summed E-state index contributed by atoms with van der Waals surface area (Å²) in [6, 6.07) is 8.67. The summed E-state index contributed by atoms with van der Waals surface area (Å²) in [5, 5.41) is 4.10. The lowest BCUT2D eigenvalue weighted by atomic mass is 9.83. The van der Waals surface area contributed by atoms with E-state index in [4.69, 9.17) is 4.74 Å². The number of benzene rings is 1. The number of hydrogen-bond acceptors (Lipinski definition) is 6. The van der Waals surface area contributed by atoms with E-state index in [0.717, 1.165) is 47.8 Å². The average molecular weight is 387 g/mol. The Hall–Kier alpha value is -1.96. The van der Waals surface area contributed by atoms with Crippen molar-refractivity contribution in [3.8, 4) is 16.3 Å². The molecule has 1 saturated heterocycles. The van der Waals surface area contributed by atoms with Crippen molar-refractivity contribution in [1.29, 1.82) is 0 Å². The fourth-order valence-electron chi connectivity index (χ4n) is 3.97. The topological polar surface area (TPSA) is 75.3 Å². The van der Waals surface area contributed by atoms with Crippen LogP contribution in [-0.4, -0.2) is 36.1 Å². The third-order valence-electron chi connectivity index (χ3n) is 5.38. The fraction of sp³-hybridized carbons (Fsp3) is 0.500. The summed E-state index contributed by atoms with van der Waals surface area (Å²) < 4.78 is 5.49. The molecule has 7 heteroatoms. The maximum absolute atomic E-state index is 12.8. The molecule has 1 aliphatic carbocycles. The van der Waals surface area contributed by atoms with Crippen LogP contribution in [0, 0.1) is 12.8 Å². The Bertz CT molecular complexity index is 805. The second-order valence-corrected chi connectivity index (χ2v) is 8.27. The van der Waals surface area contributed by atoms with Gasteiger partial charge in [-0.15, -0.1) is 11.3 Å². The van der Waals surface area contributed by atoms with E-state index in [9.17, 15) is 4.79 Å². The third-order valence-corrected chi connectivity index (χ3v) is 6.59. The Morgan fingerprint density at radius 2 is 2.15 bits per heavy atom. The number of hydrogen-bond donors (Lipinski definition) is 3. The van der Waals surface area contributed by atoms with Crippen LogP contribution in [0.5, 0.6) is 5.75 Å². The predicted molar refractivity (Wildman–Crippen MR) is 107 cm³/mol. The number of rotatable bonds is 5. The number of carbonyl (C=O) groups excluding carboxylic acids is 1. The van der Waals surface area contributed by atoms with Crippen LogP contribution in [0.4, 0.5) is 0 Å². The van der Waals surface area contributed by atoms with Gasteiger partial charge in [0.25, 0.3) is 5.91 Å². The Kier molecular flexibility index (Phi) is 5.43.